The molecule has 2 aliphatic heterocycles. The second-order valence-corrected chi connectivity index (χ2v) is 10.6. The first-order valence-electron chi connectivity index (χ1n) is 13.0. The minimum Gasteiger partial charge on any atom is -0.406 e. The summed E-state index contributed by atoms with van der Waals surface area (Å²) in [5.41, 5.74) is 1.52. The Morgan fingerprint density at radius 1 is 1.03 bits per heavy atom. The molecule has 2 amide bonds. The molecule has 1 aliphatic carbocycles. The van der Waals surface area contributed by atoms with Gasteiger partial charge in [-0.05, 0) is 54.4 Å². The van der Waals surface area contributed by atoms with Crippen molar-refractivity contribution in [2.75, 3.05) is 19.6 Å². The molecule has 10 heteroatoms. The van der Waals surface area contributed by atoms with E-state index >= 15 is 0 Å². The van der Waals surface area contributed by atoms with Gasteiger partial charge in [0.1, 0.15) is 11.8 Å². The molecule has 2 saturated heterocycles. The number of nitrogens with one attached hydrogen (secondary N) is 1. The second kappa shape index (κ2) is 10.6. The van der Waals surface area contributed by atoms with Gasteiger partial charge in [0.2, 0.25) is 11.8 Å². The third-order valence-electron chi connectivity index (χ3n) is 8.07. The lowest BCUT2D eigenvalue weighted by Crippen LogP contribution is -2.49. The Morgan fingerprint density at radius 2 is 1.74 bits per heavy atom. The van der Waals surface area contributed by atoms with Gasteiger partial charge in [-0.15, -0.1) is 13.2 Å². The van der Waals surface area contributed by atoms with Gasteiger partial charge in [0, 0.05) is 32.2 Å². The van der Waals surface area contributed by atoms with Crippen molar-refractivity contribution in [3.63, 3.8) is 0 Å². The average molecular weight is 532 g/mol. The van der Waals surface area contributed by atoms with Gasteiger partial charge in [0.05, 0.1) is 12.5 Å². The molecule has 0 bridgehead atoms. The van der Waals surface area contributed by atoms with E-state index in [1.807, 2.05) is 35.2 Å². The van der Waals surface area contributed by atoms with Gasteiger partial charge in [-0.2, -0.15) is 0 Å². The van der Waals surface area contributed by atoms with Crippen LogP contribution in [0.4, 0.5) is 13.2 Å². The largest absolute Gasteiger partial charge is 0.573 e. The maximum absolute atomic E-state index is 13.2. The quantitative estimate of drug-likeness (QED) is 0.574. The van der Waals surface area contributed by atoms with Crippen molar-refractivity contribution >= 4 is 11.8 Å². The number of alkyl halides is 3. The number of carbonyl (C=O) groups is 2. The van der Waals surface area contributed by atoms with Crippen LogP contribution < -0.4 is 10.1 Å². The first-order valence-corrected chi connectivity index (χ1v) is 13.0. The molecule has 1 spiro atoms. The number of aliphatic hydroxyl groups excluding tert-OH is 1. The molecule has 1 saturated carbocycles. The number of nitrogens with zero attached hydrogens (tertiary/aromatic N) is 2. The molecule has 3 fully saturated rings. The van der Waals surface area contributed by atoms with E-state index in [2.05, 4.69) is 10.1 Å². The molecule has 1 unspecified atom stereocenters. The van der Waals surface area contributed by atoms with Gasteiger partial charge < -0.3 is 20.1 Å². The van der Waals surface area contributed by atoms with Crippen LogP contribution in [0.25, 0.3) is 0 Å². The van der Waals surface area contributed by atoms with Crippen molar-refractivity contribution in [2.45, 2.75) is 63.2 Å². The zero-order valence-electron chi connectivity index (χ0n) is 21.0. The molecule has 5 rings (SSSR count). The van der Waals surface area contributed by atoms with E-state index in [0.717, 1.165) is 24.8 Å². The summed E-state index contributed by atoms with van der Waals surface area (Å²) in [7, 11) is 0. The van der Waals surface area contributed by atoms with Gasteiger partial charge >= 0.3 is 6.36 Å². The van der Waals surface area contributed by atoms with Crippen molar-refractivity contribution in [1.82, 2.24) is 15.1 Å². The second-order valence-electron chi connectivity index (χ2n) is 10.6. The summed E-state index contributed by atoms with van der Waals surface area (Å²) < 4.78 is 41.4. The molecule has 2 aromatic rings. The molecule has 0 radical (unpaired) electrons. The minimum atomic E-state index is -4.78. The molecular formula is C28H32F3N3O4. The first kappa shape index (κ1) is 26.5. The molecule has 3 aliphatic rings. The highest BCUT2D eigenvalue weighted by Gasteiger charge is 2.56. The Kier molecular flexibility index (Phi) is 7.37. The molecule has 204 valence electrons. The lowest BCUT2D eigenvalue weighted by molar-refractivity contribution is -0.274. The number of aliphatic hydroxyl groups is 1. The number of carbonyl (C=O) groups excluding carboxylic acids is 2. The van der Waals surface area contributed by atoms with E-state index in [1.165, 1.54) is 18.2 Å². The summed E-state index contributed by atoms with van der Waals surface area (Å²) in [6.45, 7) is 2.34. The summed E-state index contributed by atoms with van der Waals surface area (Å²) in [6.07, 6.45) is -2.58. The van der Waals surface area contributed by atoms with Crippen molar-refractivity contribution in [3.05, 3.63) is 65.7 Å². The maximum atomic E-state index is 13.2. The van der Waals surface area contributed by atoms with Crippen LogP contribution in [0, 0.1) is 5.41 Å². The first-order chi connectivity index (χ1) is 18.1. The molecule has 3 atom stereocenters. The fourth-order valence-corrected chi connectivity index (χ4v) is 5.88. The predicted molar refractivity (Wildman–Crippen MR) is 133 cm³/mol. The predicted octanol–water partition coefficient (Wildman–Crippen LogP) is 3.26. The number of hydrogen-bond acceptors (Lipinski definition) is 5. The van der Waals surface area contributed by atoms with Crippen LogP contribution in [0.15, 0.2) is 54.6 Å². The van der Waals surface area contributed by atoms with Crippen molar-refractivity contribution < 1.29 is 32.6 Å². The standard InChI is InChI=1S/C28H32F3N3O4/c29-28(30,31)38-21-8-4-7-20(15-21)16-24(36)33-13-10-27(11-14-33)17-23(27)32-26(37)25-22(35)9-12-34(25)18-19-5-2-1-3-6-19/h1-8,15,22-23,25,35H,9-14,16-18H2,(H,32,37)/t22-,23?,25-/m0/s1. The Hall–Kier alpha value is -3.11. The fraction of sp³-hybridized carbons (Fsp3) is 0.500. The highest BCUT2D eigenvalue weighted by Crippen LogP contribution is 2.54. The summed E-state index contributed by atoms with van der Waals surface area (Å²) in [5.74, 6) is -0.630. The number of rotatable bonds is 7. The molecule has 7 nitrogen and oxygen atoms in total. The van der Waals surface area contributed by atoms with Gasteiger partial charge in [0.25, 0.3) is 0 Å². The highest BCUT2D eigenvalue weighted by atomic mass is 19.4. The third-order valence-corrected chi connectivity index (χ3v) is 8.07. The SMILES string of the molecule is O=C(NC1CC12CCN(C(=O)Cc1cccc(OC(F)(F)F)c1)CC2)[C@@H]1[C@@H](O)CCN1Cc1ccccc1. The number of ether oxygens (including phenoxy) is 1. The topological polar surface area (TPSA) is 82.1 Å². The number of benzene rings is 2. The lowest BCUT2D eigenvalue weighted by Gasteiger charge is -2.33. The highest BCUT2D eigenvalue weighted by molar-refractivity contribution is 5.83. The van der Waals surface area contributed by atoms with Crippen molar-refractivity contribution in [1.29, 1.82) is 0 Å². The summed E-state index contributed by atoms with van der Waals surface area (Å²) in [6, 6.07) is 14.8. The lowest BCUT2D eigenvalue weighted by atomic mass is 9.92. The van der Waals surface area contributed by atoms with Crippen LogP contribution in [0.2, 0.25) is 0 Å². The van der Waals surface area contributed by atoms with Crippen LogP contribution in [0.3, 0.4) is 0 Å². The Labute approximate surface area is 219 Å². The average Bonchev–Trinajstić information content (AvgIpc) is 3.37. The Balaban J connectivity index is 1.11. The van der Waals surface area contributed by atoms with Crippen LogP contribution in [0.5, 0.6) is 5.75 Å². The fourth-order valence-electron chi connectivity index (χ4n) is 5.88. The number of hydrogen-bond donors (Lipinski definition) is 2. The van der Waals surface area contributed by atoms with E-state index in [1.54, 1.807) is 11.0 Å². The van der Waals surface area contributed by atoms with Crippen LogP contribution in [-0.2, 0) is 22.6 Å². The number of amides is 2. The van der Waals surface area contributed by atoms with E-state index in [0.29, 0.717) is 38.2 Å². The summed E-state index contributed by atoms with van der Waals surface area (Å²) in [5, 5.41) is 13.7. The van der Waals surface area contributed by atoms with Crippen LogP contribution in [0.1, 0.15) is 36.8 Å². The van der Waals surface area contributed by atoms with Crippen molar-refractivity contribution in [3.8, 4) is 5.75 Å². The van der Waals surface area contributed by atoms with Gasteiger partial charge in [-0.25, -0.2) is 0 Å². The van der Waals surface area contributed by atoms with Crippen molar-refractivity contribution in [2.24, 2.45) is 5.41 Å². The summed E-state index contributed by atoms with van der Waals surface area (Å²) >= 11 is 0. The zero-order valence-corrected chi connectivity index (χ0v) is 21.0. The van der Waals surface area contributed by atoms with E-state index in [9.17, 15) is 27.9 Å². The van der Waals surface area contributed by atoms with Crippen LogP contribution in [-0.4, -0.2) is 70.9 Å². The van der Waals surface area contributed by atoms with Gasteiger partial charge in [-0.1, -0.05) is 42.5 Å². The molecule has 2 heterocycles. The van der Waals surface area contributed by atoms with E-state index in [4.69, 9.17) is 0 Å². The molecule has 2 aromatic carbocycles. The van der Waals surface area contributed by atoms with E-state index < -0.39 is 18.5 Å². The van der Waals surface area contributed by atoms with E-state index in [-0.39, 0.29) is 35.4 Å². The van der Waals surface area contributed by atoms with Gasteiger partial charge in [0.15, 0.2) is 0 Å². The smallest absolute Gasteiger partial charge is 0.406 e. The number of piperidine rings is 1. The molecule has 38 heavy (non-hydrogen) atoms. The summed E-state index contributed by atoms with van der Waals surface area (Å²) in [4.78, 5) is 29.7. The molecular weight excluding hydrogens is 499 g/mol. The van der Waals surface area contributed by atoms with Crippen LogP contribution >= 0.6 is 0 Å². The Morgan fingerprint density at radius 3 is 2.45 bits per heavy atom. The normalized spacial score (nSPS) is 24.8. The Bertz CT molecular complexity index is 1150. The molecule has 2 N–H and O–H groups in total. The third kappa shape index (κ3) is 6.13. The maximum Gasteiger partial charge on any atom is 0.573 e. The van der Waals surface area contributed by atoms with Gasteiger partial charge in [-0.3, -0.25) is 14.5 Å². The monoisotopic (exact) mass is 531 g/mol. The zero-order chi connectivity index (χ0) is 26.9. The minimum absolute atomic E-state index is 0.000953. The molecule has 0 aromatic heterocycles. The number of likely N-dealkylation sites (tertiary alicyclic amines) is 2. The number of halogens is 3.